The zero-order valence-electron chi connectivity index (χ0n) is 19.8. The molecule has 4 rings (SSSR count). The van der Waals surface area contributed by atoms with Crippen molar-refractivity contribution in [2.45, 2.75) is 70.0 Å². The molecule has 0 spiro atoms. The summed E-state index contributed by atoms with van der Waals surface area (Å²) in [6.07, 6.45) is 2.64. The van der Waals surface area contributed by atoms with Gasteiger partial charge in [0.2, 0.25) is 5.91 Å². The minimum Gasteiger partial charge on any atom is -0.376 e. The van der Waals surface area contributed by atoms with E-state index in [-0.39, 0.29) is 23.4 Å². The molecule has 2 atom stereocenters. The highest BCUT2D eigenvalue weighted by Gasteiger charge is 2.25. The quantitative estimate of drug-likeness (QED) is 0.271. The average molecular weight is 500 g/mol. The molecular formula is C25H29N3O4S2. The molecule has 3 heterocycles. The fraction of sp³-hybridized carbons (Fsp3) is 0.440. The van der Waals surface area contributed by atoms with Gasteiger partial charge in [-0.25, -0.2) is 4.98 Å². The average Bonchev–Trinajstić information content (AvgIpc) is 3.43. The van der Waals surface area contributed by atoms with E-state index in [0.29, 0.717) is 34.9 Å². The number of nitrogens with one attached hydrogen (secondary N) is 1. The first kappa shape index (κ1) is 24.6. The number of carbonyl (C=O) groups excluding carboxylic acids is 2. The Hall–Kier alpha value is -2.49. The third-order valence-corrected chi connectivity index (χ3v) is 8.18. The molecule has 34 heavy (non-hydrogen) atoms. The zero-order chi connectivity index (χ0) is 24.4. The summed E-state index contributed by atoms with van der Waals surface area (Å²) in [7, 11) is 0. The van der Waals surface area contributed by atoms with E-state index in [4.69, 9.17) is 9.72 Å². The van der Waals surface area contributed by atoms with Gasteiger partial charge in [-0.3, -0.25) is 19.0 Å². The molecule has 1 aromatic carbocycles. The number of amides is 1. The molecule has 2 unspecified atom stereocenters. The summed E-state index contributed by atoms with van der Waals surface area (Å²) >= 11 is 2.81. The highest BCUT2D eigenvalue weighted by molar-refractivity contribution is 8.00. The molecule has 1 aliphatic rings. The van der Waals surface area contributed by atoms with Crippen LogP contribution in [0.1, 0.15) is 54.4 Å². The second-order valence-electron chi connectivity index (χ2n) is 8.50. The molecule has 7 nitrogen and oxygen atoms in total. The summed E-state index contributed by atoms with van der Waals surface area (Å²) in [6, 6.07) is 6.80. The number of Topliss-reactive ketones (excluding diaryl/α,β-unsaturated/α-hetero) is 1. The molecule has 1 fully saturated rings. The Labute approximate surface area is 206 Å². The lowest BCUT2D eigenvalue weighted by molar-refractivity contribution is -0.115. The van der Waals surface area contributed by atoms with Crippen molar-refractivity contribution < 1.29 is 14.3 Å². The van der Waals surface area contributed by atoms with Crippen molar-refractivity contribution in [1.29, 1.82) is 0 Å². The molecule has 0 radical (unpaired) electrons. The van der Waals surface area contributed by atoms with Crippen molar-refractivity contribution >= 4 is 50.7 Å². The number of aromatic nitrogens is 2. The lowest BCUT2D eigenvalue weighted by Crippen LogP contribution is -2.30. The molecule has 0 aliphatic carbocycles. The number of fused-ring (bicyclic) bond motifs is 1. The van der Waals surface area contributed by atoms with Crippen LogP contribution in [0.15, 0.2) is 34.2 Å². The second kappa shape index (κ2) is 10.4. The largest absolute Gasteiger partial charge is 0.376 e. The molecule has 1 N–H and O–H groups in total. The number of anilines is 1. The van der Waals surface area contributed by atoms with Crippen molar-refractivity contribution in [3.8, 4) is 0 Å². The fourth-order valence-corrected chi connectivity index (χ4v) is 6.22. The van der Waals surface area contributed by atoms with Crippen molar-refractivity contribution in [3.05, 3.63) is 50.6 Å². The van der Waals surface area contributed by atoms with Gasteiger partial charge in [-0.05, 0) is 69.9 Å². The Bertz CT molecular complexity index is 1270. The third kappa shape index (κ3) is 5.11. The van der Waals surface area contributed by atoms with Gasteiger partial charge in [0.25, 0.3) is 5.56 Å². The van der Waals surface area contributed by atoms with Crippen LogP contribution in [0, 0.1) is 6.92 Å². The van der Waals surface area contributed by atoms with Gasteiger partial charge in [0.1, 0.15) is 4.83 Å². The molecule has 3 aromatic rings. The first-order valence-corrected chi connectivity index (χ1v) is 13.2. The van der Waals surface area contributed by atoms with Gasteiger partial charge in [-0.2, -0.15) is 0 Å². The van der Waals surface area contributed by atoms with Crippen LogP contribution in [-0.2, 0) is 22.5 Å². The standard InChI is InChI=1S/C25H29N3O4S2/c1-5-20-15(3)33-23-21(20)24(31)28(13-19-7-6-12-32-19)25(27-23)34-16(4)22(30)26-18-10-8-17(9-11-18)14(2)29/h8-11,16,19H,5-7,12-13H2,1-4H3,(H,26,30). The number of thiophene rings is 1. The highest BCUT2D eigenvalue weighted by Crippen LogP contribution is 2.31. The van der Waals surface area contributed by atoms with Crippen molar-refractivity contribution in [2.75, 3.05) is 11.9 Å². The van der Waals surface area contributed by atoms with Crippen LogP contribution < -0.4 is 10.9 Å². The lowest BCUT2D eigenvalue weighted by atomic mass is 10.1. The minimum atomic E-state index is -0.487. The van der Waals surface area contributed by atoms with E-state index in [9.17, 15) is 14.4 Å². The van der Waals surface area contributed by atoms with E-state index >= 15 is 0 Å². The summed E-state index contributed by atoms with van der Waals surface area (Å²) < 4.78 is 7.50. The van der Waals surface area contributed by atoms with Crippen molar-refractivity contribution in [1.82, 2.24) is 9.55 Å². The Morgan fingerprint density at radius 2 is 2.06 bits per heavy atom. The third-order valence-electron chi connectivity index (χ3n) is 6.05. The predicted octanol–water partition coefficient (Wildman–Crippen LogP) is 4.83. The van der Waals surface area contributed by atoms with Crippen LogP contribution in [0.4, 0.5) is 5.69 Å². The van der Waals surface area contributed by atoms with Gasteiger partial charge in [0.05, 0.1) is 23.3 Å². The van der Waals surface area contributed by atoms with E-state index in [2.05, 4.69) is 12.2 Å². The molecular weight excluding hydrogens is 470 g/mol. The summed E-state index contributed by atoms with van der Waals surface area (Å²) in [6.45, 7) is 8.52. The SMILES string of the molecule is CCc1c(C)sc2nc(SC(C)C(=O)Nc3ccc(C(C)=O)cc3)n(CC3CCCO3)c(=O)c12. The zero-order valence-corrected chi connectivity index (χ0v) is 21.5. The smallest absolute Gasteiger partial charge is 0.263 e. The number of rotatable bonds is 8. The molecule has 180 valence electrons. The molecule has 2 aromatic heterocycles. The minimum absolute atomic E-state index is 0.0231. The second-order valence-corrected chi connectivity index (χ2v) is 11.0. The van der Waals surface area contributed by atoms with Gasteiger partial charge in [-0.1, -0.05) is 18.7 Å². The van der Waals surface area contributed by atoms with Gasteiger partial charge >= 0.3 is 0 Å². The van der Waals surface area contributed by atoms with Crippen molar-refractivity contribution in [3.63, 3.8) is 0 Å². The summed E-state index contributed by atoms with van der Waals surface area (Å²) in [5.74, 6) is -0.224. The van der Waals surface area contributed by atoms with Crippen LogP contribution >= 0.6 is 23.1 Å². The maximum absolute atomic E-state index is 13.6. The number of hydrogen-bond acceptors (Lipinski definition) is 7. The fourth-order valence-electron chi connectivity index (χ4n) is 4.14. The Morgan fingerprint density at radius 1 is 1.32 bits per heavy atom. The van der Waals surface area contributed by atoms with E-state index in [1.165, 1.54) is 30.0 Å². The van der Waals surface area contributed by atoms with E-state index in [1.807, 2.05) is 6.92 Å². The molecule has 0 saturated carbocycles. The summed E-state index contributed by atoms with van der Waals surface area (Å²) in [5, 5.41) is 3.62. The number of ether oxygens (including phenoxy) is 1. The first-order valence-electron chi connectivity index (χ1n) is 11.5. The van der Waals surface area contributed by atoms with E-state index < -0.39 is 5.25 Å². The molecule has 1 saturated heterocycles. The Morgan fingerprint density at radius 3 is 2.68 bits per heavy atom. The monoisotopic (exact) mass is 499 g/mol. The molecule has 1 aliphatic heterocycles. The van der Waals surface area contributed by atoms with Gasteiger partial charge in [0, 0.05) is 22.7 Å². The number of carbonyl (C=O) groups is 2. The number of benzene rings is 1. The Kier molecular flexibility index (Phi) is 7.54. The van der Waals surface area contributed by atoms with E-state index in [0.717, 1.165) is 34.5 Å². The van der Waals surface area contributed by atoms with Crippen LogP contribution in [0.25, 0.3) is 10.2 Å². The topological polar surface area (TPSA) is 90.3 Å². The van der Waals surface area contributed by atoms with Crippen LogP contribution in [0.5, 0.6) is 0 Å². The molecule has 1 amide bonds. The maximum atomic E-state index is 13.6. The number of ketones is 1. The van der Waals surface area contributed by atoms with Crippen molar-refractivity contribution in [2.24, 2.45) is 0 Å². The lowest BCUT2D eigenvalue weighted by Gasteiger charge is -2.18. The first-order chi connectivity index (χ1) is 16.3. The van der Waals surface area contributed by atoms with E-state index in [1.54, 1.807) is 35.8 Å². The highest BCUT2D eigenvalue weighted by atomic mass is 32.2. The van der Waals surface area contributed by atoms with Crippen LogP contribution in [0.3, 0.4) is 0 Å². The van der Waals surface area contributed by atoms with Gasteiger partial charge < -0.3 is 10.1 Å². The van der Waals surface area contributed by atoms with Crippen LogP contribution in [0.2, 0.25) is 0 Å². The number of thioether (sulfide) groups is 1. The van der Waals surface area contributed by atoms with Crippen LogP contribution in [-0.4, -0.2) is 39.2 Å². The predicted molar refractivity (Wildman–Crippen MR) is 137 cm³/mol. The number of hydrogen-bond donors (Lipinski definition) is 1. The molecule has 9 heteroatoms. The summed E-state index contributed by atoms with van der Waals surface area (Å²) in [5.41, 5.74) is 2.20. The van der Waals surface area contributed by atoms with Gasteiger partial charge in [0.15, 0.2) is 10.9 Å². The number of nitrogens with zero attached hydrogens (tertiary/aromatic N) is 2. The summed E-state index contributed by atoms with van der Waals surface area (Å²) in [4.78, 5) is 44.6. The number of aryl methyl sites for hydroxylation is 2. The maximum Gasteiger partial charge on any atom is 0.263 e. The normalized spacial score (nSPS) is 16.6. The van der Waals surface area contributed by atoms with Gasteiger partial charge in [-0.15, -0.1) is 11.3 Å². The molecule has 0 bridgehead atoms. The Balaban J connectivity index is 1.61.